The molecule has 1 aromatic rings. The second kappa shape index (κ2) is 6.96. The fourth-order valence-corrected chi connectivity index (χ4v) is 4.53. The van der Waals surface area contributed by atoms with E-state index in [0.29, 0.717) is 22.2 Å². The lowest BCUT2D eigenvalue weighted by molar-refractivity contribution is 0.0602. The molecule has 1 aliphatic rings. The molecule has 104 valence electrons. The van der Waals surface area contributed by atoms with E-state index in [1.165, 1.54) is 18.6 Å². The van der Waals surface area contributed by atoms with Crippen molar-refractivity contribution in [1.82, 2.24) is 0 Å². The molecule has 0 saturated carbocycles. The molecule has 1 unspecified atom stereocenters. The second-order valence-electron chi connectivity index (χ2n) is 4.21. The van der Waals surface area contributed by atoms with Crippen molar-refractivity contribution in [2.45, 2.75) is 5.25 Å². The molecule has 0 aliphatic carbocycles. The molecule has 0 aromatic heterocycles. The van der Waals surface area contributed by atoms with E-state index in [1.807, 2.05) is 23.5 Å². The number of esters is 1. The van der Waals surface area contributed by atoms with Crippen LogP contribution in [-0.2, 0) is 4.74 Å². The van der Waals surface area contributed by atoms with Gasteiger partial charge in [-0.25, -0.2) is 4.79 Å². The molecule has 2 rings (SSSR count). The predicted molar refractivity (Wildman–Crippen MR) is 84.3 cm³/mol. The number of carbonyl (C=O) groups is 1. The number of benzene rings is 1. The monoisotopic (exact) mass is 298 g/mol. The number of nitrogens with two attached hydrogens (primary N) is 1. The van der Waals surface area contributed by atoms with Crippen molar-refractivity contribution >= 4 is 40.9 Å². The largest absolute Gasteiger partial charge is 0.465 e. The zero-order chi connectivity index (χ0) is 13.7. The molecule has 3 N–H and O–H groups in total. The fraction of sp³-hybridized carbons (Fsp3) is 0.462. The maximum atomic E-state index is 11.7. The maximum Gasteiger partial charge on any atom is 0.340 e. The number of hydrogen-bond donors (Lipinski definition) is 2. The Balaban J connectivity index is 2.07. The Kier molecular flexibility index (Phi) is 5.27. The molecule has 1 fully saturated rings. The summed E-state index contributed by atoms with van der Waals surface area (Å²) in [5, 5.41) is 3.87. The average molecular weight is 298 g/mol. The summed E-state index contributed by atoms with van der Waals surface area (Å²) in [6.45, 7) is 0.815. The first-order valence-corrected chi connectivity index (χ1v) is 8.32. The summed E-state index contributed by atoms with van der Waals surface area (Å²) in [4.78, 5) is 11.7. The van der Waals surface area contributed by atoms with Gasteiger partial charge in [0.05, 0.1) is 24.0 Å². The van der Waals surface area contributed by atoms with Crippen LogP contribution in [0.4, 0.5) is 11.4 Å². The van der Waals surface area contributed by atoms with Crippen LogP contribution in [0, 0.1) is 0 Å². The van der Waals surface area contributed by atoms with Gasteiger partial charge in [0, 0.05) is 29.1 Å². The molecule has 1 aromatic carbocycles. The number of carbonyl (C=O) groups excluding carboxylic acids is 1. The normalized spacial score (nSPS) is 18.9. The number of rotatable bonds is 4. The van der Waals surface area contributed by atoms with Crippen molar-refractivity contribution in [1.29, 1.82) is 0 Å². The summed E-state index contributed by atoms with van der Waals surface area (Å²) in [5.41, 5.74) is 7.71. The minimum absolute atomic E-state index is 0.361. The quantitative estimate of drug-likeness (QED) is 0.657. The van der Waals surface area contributed by atoms with Crippen LogP contribution in [0.1, 0.15) is 10.4 Å². The smallest absolute Gasteiger partial charge is 0.340 e. The third-order valence-corrected chi connectivity index (χ3v) is 5.74. The number of para-hydroxylation sites is 1. The zero-order valence-electron chi connectivity index (χ0n) is 10.8. The van der Waals surface area contributed by atoms with E-state index >= 15 is 0 Å². The fourth-order valence-electron chi connectivity index (χ4n) is 1.92. The third-order valence-electron chi connectivity index (χ3n) is 2.89. The lowest BCUT2D eigenvalue weighted by Crippen LogP contribution is -2.24. The molecule has 0 bridgehead atoms. The van der Waals surface area contributed by atoms with Crippen LogP contribution < -0.4 is 11.1 Å². The van der Waals surface area contributed by atoms with Gasteiger partial charge in [-0.05, 0) is 12.1 Å². The number of nitrogen functional groups attached to an aromatic ring is 1. The van der Waals surface area contributed by atoms with Gasteiger partial charge in [-0.3, -0.25) is 0 Å². The van der Waals surface area contributed by atoms with E-state index in [1.54, 1.807) is 18.2 Å². The molecule has 19 heavy (non-hydrogen) atoms. The summed E-state index contributed by atoms with van der Waals surface area (Å²) in [5.74, 6) is 3.19. The van der Waals surface area contributed by atoms with E-state index in [2.05, 4.69) is 5.32 Å². The molecule has 0 radical (unpaired) electrons. The van der Waals surface area contributed by atoms with Gasteiger partial charge in [-0.2, -0.15) is 23.5 Å². The Labute approximate surface area is 121 Å². The van der Waals surface area contributed by atoms with Crippen molar-refractivity contribution in [3.63, 3.8) is 0 Å². The van der Waals surface area contributed by atoms with E-state index in [9.17, 15) is 4.79 Å². The van der Waals surface area contributed by atoms with Crippen LogP contribution >= 0.6 is 23.5 Å². The number of thioether (sulfide) groups is 2. The Bertz CT molecular complexity index is 448. The van der Waals surface area contributed by atoms with Crippen molar-refractivity contribution in [2.24, 2.45) is 0 Å². The van der Waals surface area contributed by atoms with Gasteiger partial charge in [0.25, 0.3) is 0 Å². The highest BCUT2D eigenvalue weighted by molar-refractivity contribution is 8.06. The second-order valence-corrected chi connectivity index (χ2v) is 6.77. The van der Waals surface area contributed by atoms with Gasteiger partial charge in [-0.1, -0.05) is 6.07 Å². The molecule has 1 atom stereocenters. The van der Waals surface area contributed by atoms with Gasteiger partial charge in [0.1, 0.15) is 0 Å². The van der Waals surface area contributed by atoms with Crippen molar-refractivity contribution < 1.29 is 9.53 Å². The third kappa shape index (κ3) is 3.73. The minimum atomic E-state index is -0.361. The number of ether oxygens (including phenoxy) is 1. The minimum Gasteiger partial charge on any atom is -0.465 e. The molecule has 1 heterocycles. The van der Waals surface area contributed by atoms with Crippen molar-refractivity contribution in [3.05, 3.63) is 23.8 Å². The van der Waals surface area contributed by atoms with Crippen LogP contribution in [0.25, 0.3) is 0 Å². The van der Waals surface area contributed by atoms with Crippen LogP contribution in [0.15, 0.2) is 18.2 Å². The number of hydrogen-bond acceptors (Lipinski definition) is 6. The lowest BCUT2D eigenvalue weighted by Gasteiger charge is -2.22. The van der Waals surface area contributed by atoms with E-state index in [-0.39, 0.29) is 5.97 Å². The van der Waals surface area contributed by atoms with Gasteiger partial charge in [-0.15, -0.1) is 0 Å². The molecular weight excluding hydrogens is 280 g/mol. The van der Waals surface area contributed by atoms with Gasteiger partial charge >= 0.3 is 5.97 Å². The summed E-state index contributed by atoms with van der Waals surface area (Å²) in [6.07, 6.45) is 0. The summed E-state index contributed by atoms with van der Waals surface area (Å²) in [7, 11) is 1.38. The van der Waals surface area contributed by atoms with E-state index in [0.717, 1.165) is 12.3 Å². The average Bonchev–Trinajstić information content (AvgIpc) is 2.46. The van der Waals surface area contributed by atoms with Crippen molar-refractivity contribution in [3.8, 4) is 0 Å². The summed E-state index contributed by atoms with van der Waals surface area (Å²) in [6, 6.07) is 5.28. The first-order valence-electron chi connectivity index (χ1n) is 6.12. The number of nitrogens with one attached hydrogen (secondary N) is 1. The van der Waals surface area contributed by atoms with Crippen LogP contribution in [-0.4, -0.2) is 42.1 Å². The predicted octanol–water partition coefficient (Wildman–Crippen LogP) is 2.32. The first kappa shape index (κ1) is 14.4. The van der Waals surface area contributed by atoms with E-state index < -0.39 is 0 Å². The van der Waals surface area contributed by atoms with Crippen molar-refractivity contribution in [2.75, 3.05) is 42.0 Å². The van der Waals surface area contributed by atoms with E-state index in [4.69, 9.17) is 10.5 Å². The molecule has 0 amide bonds. The Morgan fingerprint density at radius 3 is 3.05 bits per heavy atom. The topological polar surface area (TPSA) is 64.3 Å². The standard InChI is InChI=1S/C13H18N2O2S2/c1-17-13(16)10-3-2-4-11(14)12(10)15-7-9-8-18-5-6-19-9/h2-4,9,15H,5-8,14H2,1H3. The van der Waals surface area contributed by atoms with Gasteiger partial charge in [0.15, 0.2) is 0 Å². The Morgan fingerprint density at radius 1 is 1.53 bits per heavy atom. The SMILES string of the molecule is COC(=O)c1cccc(N)c1NCC1CSCCS1. The zero-order valence-corrected chi connectivity index (χ0v) is 12.5. The molecule has 0 spiro atoms. The highest BCUT2D eigenvalue weighted by atomic mass is 32.2. The lowest BCUT2D eigenvalue weighted by atomic mass is 10.1. The Morgan fingerprint density at radius 2 is 2.37 bits per heavy atom. The molecule has 4 nitrogen and oxygen atoms in total. The molecule has 6 heteroatoms. The highest BCUT2D eigenvalue weighted by Gasteiger charge is 2.17. The summed E-state index contributed by atoms with van der Waals surface area (Å²) >= 11 is 3.94. The highest BCUT2D eigenvalue weighted by Crippen LogP contribution is 2.27. The molecular formula is C13H18N2O2S2. The van der Waals surface area contributed by atoms with Crippen LogP contribution in [0.3, 0.4) is 0 Å². The molecule has 1 aliphatic heterocycles. The van der Waals surface area contributed by atoms with Crippen LogP contribution in [0.2, 0.25) is 0 Å². The Hall–Kier alpha value is -1.01. The van der Waals surface area contributed by atoms with Gasteiger partial charge in [0.2, 0.25) is 0 Å². The van der Waals surface area contributed by atoms with Crippen LogP contribution in [0.5, 0.6) is 0 Å². The number of anilines is 2. The summed E-state index contributed by atoms with van der Waals surface area (Å²) < 4.78 is 4.78. The maximum absolute atomic E-state index is 11.7. The van der Waals surface area contributed by atoms with Gasteiger partial charge < -0.3 is 15.8 Å². The first-order chi connectivity index (χ1) is 9.22. The molecule has 1 saturated heterocycles. The number of methoxy groups -OCH3 is 1.